The fourth-order valence-corrected chi connectivity index (χ4v) is 4.06. The molecule has 1 N–H and O–H groups in total. The van der Waals surface area contributed by atoms with Crippen molar-refractivity contribution >= 4 is 11.9 Å². The molecule has 0 saturated carbocycles. The summed E-state index contributed by atoms with van der Waals surface area (Å²) in [4.78, 5) is 35.0. The number of hydrogen-bond acceptors (Lipinski definition) is 4. The van der Waals surface area contributed by atoms with Gasteiger partial charge in [0.15, 0.2) is 0 Å². The molecule has 0 aromatic carbocycles. The Morgan fingerprint density at radius 1 is 1.23 bits per heavy atom. The van der Waals surface area contributed by atoms with Crippen LogP contribution in [0, 0.1) is 5.41 Å². The number of pyridine rings is 1. The highest BCUT2D eigenvalue weighted by Gasteiger charge is 2.46. The predicted molar refractivity (Wildman–Crippen MR) is 99.4 cm³/mol. The van der Waals surface area contributed by atoms with Gasteiger partial charge in [0, 0.05) is 76.6 Å². The number of hydrogen-bond donors (Lipinski definition) is 1. The molecule has 1 atom stereocenters. The van der Waals surface area contributed by atoms with Crippen molar-refractivity contribution in [2.75, 3.05) is 39.8 Å². The largest absolute Gasteiger partial charge is 0.345 e. The summed E-state index contributed by atoms with van der Waals surface area (Å²) >= 11 is 0. The van der Waals surface area contributed by atoms with Crippen LogP contribution in [-0.4, -0.2) is 77.4 Å². The fourth-order valence-electron chi connectivity index (χ4n) is 4.06. The molecule has 1 spiro atoms. The lowest BCUT2D eigenvalue weighted by atomic mass is 9.86. The maximum atomic E-state index is 12.6. The normalized spacial score (nSPS) is 24.4. The molecule has 2 aliphatic rings. The van der Waals surface area contributed by atoms with E-state index in [4.69, 9.17) is 0 Å². The average molecular weight is 359 g/mol. The summed E-state index contributed by atoms with van der Waals surface area (Å²) in [5.41, 5.74) is 0.997. The van der Waals surface area contributed by atoms with Gasteiger partial charge in [0.1, 0.15) is 0 Å². The highest BCUT2D eigenvalue weighted by molar-refractivity contribution is 5.80. The zero-order valence-electron chi connectivity index (χ0n) is 15.9. The molecule has 2 aliphatic heterocycles. The van der Waals surface area contributed by atoms with Gasteiger partial charge in [0.25, 0.3) is 0 Å². The first-order valence-corrected chi connectivity index (χ1v) is 9.28. The summed E-state index contributed by atoms with van der Waals surface area (Å²) in [6, 6.07) is 4.11. The fraction of sp³-hybridized carbons (Fsp3) is 0.632. The molecular formula is C19H29N5O2. The summed E-state index contributed by atoms with van der Waals surface area (Å²) in [6.45, 7) is 8.34. The van der Waals surface area contributed by atoms with Crippen LogP contribution in [0.2, 0.25) is 0 Å². The predicted octanol–water partition coefficient (Wildman–Crippen LogP) is 1.17. The molecule has 7 nitrogen and oxygen atoms in total. The Bertz CT molecular complexity index is 651. The summed E-state index contributed by atoms with van der Waals surface area (Å²) < 4.78 is 0. The Morgan fingerprint density at radius 3 is 2.58 bits per heavy atom. The molecule has 26 heavy (non-hydrogen) atoms. The molecule has 0 unspecified atom stereocenters. The molecular weight excluding hydrogens is 330 g/mol. The number of amides is 3. The second-order valence-corrected chi connectivity index (χ2v) is 8.02. The zero-order chi connectivity index (χ0) is 18.7. The van der Waals surface area contributed by atoms with Crippen molar-refractivity contribution in [1.29, 1.82) is 0 Å². The number of rotatable bonds is 3. The van der Waals surface area contributed by atoms with Gasteiger partial charge in [-0.05, 0) is 31.5 Å². The number of carbonyl (C=O) groups excluding carboxylic acids is 2. The highest BCUT2D eigenvalue weighted by Crippen LogP contribution is 2.34. The Balaban J connectivity index is 1.78. The van der Waals surface area contributed by atoms with Crippen molar-refractivity contribution in [1.82, 2.24) is 25.0 Å². The average Bonchev–Trinajstić information content (AvgIpc) is 2.74. The molecule has 0 aliphatic carbocycles. The third kappa shape index (κ3) is 4.33. The van der Waals surface area contributed by atoms with Crippen LogP contribution >= 0.6 is 0 Å². The van der Waals surface area contributed by atoms with Crippen LogP contribution in [0.5, 0.6) is 0 Å². The molecule has 7 heteroatoms. The lowest BCUT2D eigenvalue weighted by Gasteiger charge is -2.33. The molecule has 3 heterocycles. The number of aromatic nitrogens is 1. The molecule has 0 radical (unpaired) electrons. The van der Waals surface area contributed by atoms with Crippen LogP contribution in [0.3, 0.4) is 0 Å². The van der Waals surface area contributed by atoms with Crippen molar-refractivity contribution < 1.29 is 9.59 Å². The van der Waals surface area contributed by atoms with Crippen LogP contribution in [0.1, 0.15) is 25.8 Å². The second kappa shape index (κ2) is 7.61. The van der Waals surface area contributed by atoms with Crippen molar-refractivity contribution in [3.8, 4) is 0 Å². The van der Waals surface area contributed by atoms with Gasteiger partial charge in [-0.3, -0.25) is 14.7 Å². The van der Waals surface area contributed by atoms with E-state index >= 15 is 0 Å². The Kier molecular flexibility index (Phi) is 5.46. The lowest BCUT2D eigenvalue weighted by Crippen LogP contribution is -2.48. The molecule has 3 amide bonds. The number of carbonyl (C=O) groups is 2. The minimum Gasteiger partial charge on any atom is -0.345 e. The third-order valence-corrected chi connectivity index (χ3v) is 5.15. The molecule has 2 saturated heterocycles. The van der Waals surface area contributed by atoms with Crippen LogP contribution in [0.25, 0.3) is 0 Å². The number of nitrogens with zero attached hydrogens (tertiary/aromatic N) is 4. The summed E-state index contributed by atoms with van der Waals surface area (Å²) in [7, 11) is 1.85. The standard InChI is InChI=1S/C19H29N5O2/c1-15(2)21-18(26)24-9-8-23(11-16-4-6-20-7-5-16)13-19(14-24)10-17(25)22(3)12-19/h4-7,15H,8-14H2,1-3H3,(H,21,26)/t19-/m0/s1. The first-order chi connectivity index (χ1) is 12.4. The molecule has 2 fully saturated rings. The molecule has 0 bridgehead atoms. The number of urea groups is 1. The second-order valence-electron chi connectivity index (χ2n) is 8.02. The van der Waals surface area contributed by atoms with Gasteiger partial charge in [-0.25, -0.2) is 4.79 Å². The van der Waals surface area contributed by atoms with Crippen molar-refractivity contribution in [2.24, 2.45) is 5.41 Å². The minimum atomic E-state index is -0.205. The SMILES string of the molecule is CC(C)NC(=O)N1CCN(Cc2ccncc2)C[C@@]2(CC(=O)N(C)C2)C1. The van der Waals surface area contributed by atoms with Gasteiger partial charge in [-0.2, -0.15) is 0 Å². The summed E-state index contributed by atoms with van der Waals surface area (Å²) in [6.07, 6.45) is 4.11. The van der Waals surface area contributed by atoms with Crippen molar-refractivity contribution in [2.45, 2.75) is 32.9 Å². The Hall–Kier alpha value is -2.15. The maximum Gasteiger partial charge on any atom is 0.317 e. The third-order valence-electron chi connectivity index (χ3n) is 5.15. The number of nitrogens with one attached hydrogen (secondary N) is 1. The molecule has 3 rings (SSSR count). The summed E-state index contributed by atoms with van der Waals surface area (Å²) in [5, 5.41) is 3.00. The minimum absolute atomic E-state index is 0.0351. The quantitative estimate of drug-likeness (QED) is 0.880. The van der Waals surface area contributed by atoms with Gasteiger partial charge in [0.05, 0.1) is 0 Å². The topological polar surface area (TPSA) is 68.8 Å². The summed E-state index contributed by atoms with van der Waals surface area (Å²) in [5.74, 6) is 0.167. The highest BCUT2D eigenvalue weighted by atomic mass is 16.2. The van der Waals surface area contributed by atoms with E-state index in [2.05, 4.69) is 15.2 Å². The van der Waals surface area contributed by atoms with Crippen LogP contribution in [0.4, 0.5) is 4.79 Å². The van der Waals surface area contributed by atoms with E-state index in [1.807, 2.05) is 37.9 Å². The van der Waals surface area contributed by atoms with E-state index in [9.17, 15) is 9.59 Å². The monoisotopic (exact) mass is 359 g/mol. The Labute approximate surface area is 155 Å². The van der Waals surface area contributed by atoms with Crippen LogP contribution in [0.15, 0.2) is 24.5 Å². The zero-order valence-corrected chi connectivity index (χ0v) is 15.9. The van der Waals surface area contributed by atoms with E-state index in [0.29, 0.717) is 26.1 Å². The first kappa shape index (κ1) is 18.6. The lowest BCUT2D eigenvalue weighted by molar-refractivity contribution is -0.126. The molecule has 1 aromatic rings. The van der Waals surface area contributed by atoms with Crippen molar-refractivity contribution in [3.05, 3.63) is 30.1 Å². The molecule has 142 valence electrons. The van der Waals surface area contributed by atoms with E-state index in [-0.39, 0.29) is 23.4 Å². The molecule has 1 aromatic heterocycles. The van der Waals surface area contributed by atoms with E-state index in [1.165, 1.54) is 5.56 Å². The Morgan fingerprint density at radius 2 is 1.96 bits per heavy atom. The van der Waals surface area contributed by atoms with Crippen LogP contribution < -0.4 is 5.32 Å². The maximum absolute atomic E-state index is 12.6. The van der Waals surface area contributed by atoms with Gasteiger partial charge in [-0.1, -0.05) is 0 Å². The van der Waals surface area contributed by atoms with Crippen LogP contribution in [-0.2, 0) is 11.3 Å². The van der Waals surface area contributed by atoms with Gasteiger partial charge in [-0.15, -0.1) is 0 Å². The van der Waals surface area contributed by atoms with E-state index in [1.54, 1.807) is 17.3 Å². The van der Waals surface area contributed by atoms with Gasteiger partial charge < -0.3 is 15.1 Å². The van der Waals surface area contributed by atoms with Gasteiger partial charge >= 0.3 is 6.03 Å². The van der Waals surface area contributed by atoms with Crippen molar-refractivity contribution in [3.63, 3.8) is 0 Å². The number of likely N-dealkylation sites (tertiary alicyclic amines) is 1. The van der Waals surface area contributed by atoms with E-state index in [0.717, 1.165) is 19.6 Å². The van der Waals surface area contributed by atoms with E-state index < -0.39 is 0 Å². The smallest absolute Gasteiger partial charge is 0.317 e. The first-order valence-electron chi connectivity index (χ1n) is 9.28. The van der Waals surface area contributed by atoms with Gasteiger partial charge in [0.2, 0.25) is 5.91 Å².